The fraction of sp³-hybridized carbons (Fsp3) is 0.375. The highest BCUT2D eigenvalue weighted by molar-refractivity contribution is 6.30. The fourth-order valence-electron chi connectivity index (χ4n) is 2.74. The molecule has 3 rings (SSSR count). The Balaban J connectivity index is 1.55. The van der Waals surface area contributed by atoms with Crippen molar-refractivity contribution in [1.29, 1.82) is 0 Å². The lowest BCUT2D eigenvalue weighted by Gasteiger charge is -2.22. The molecule has 1 aliphatic rings. The maximum Gasteiger partial charge on any atom is 0.108 e. The predicted molar refractivity (Wildman–Crippen MR) is 77.5 cm³/mol. The topological polar surface area (TPSA) is 25.2 Å². The Morgan fingerprint density at radius 1 is 1.21 bits per heavy atom. The molecule has 0 radical (unpaired) electrons. The molecular formula is C16H18ClNO. The van der Waals surface area contributed by atoms with E-state index in [1.165, 1.54) is 24.0 Å². The van der Waals surface area contributed by atoms with Gasteiger partial charge in [0.25, 0.3) is 0 Å². The van der Waals surface area contributed by atoms with Crippen LogP contribution in [0.15, 0.2) is 41.0 Å². The first-order valence-corrected chi connectivity index (χ1v) is 7.25. The second-order valence-corrected chi connectivity index (χ2v) is 5.51. The minimum atomic E-state index is 0.454. The van der Waals surface area contributed by atoms with Gasteiger partial charge in [-0.25, -0.2) is 0 Å². The Hall–Kier alpha value is -1.25. The molecule has 0 saturated carbocycles. The Kier molecular flexibility index (Phi) is 3.90. The second-order valence-electron chi connectivity index (χ2n) is 5.07. The zero-order valence-corrected chi connectivity index (χ0v) is 11.6. The minimum Gasteiger partial charge on any atom is -0.469 e. The van der Waals surface area contributed by atoms with E-state index in [0.717, 1.165) is 30.2 Å². The third-order valence-electron chi connectivity index (χ3n) is 3.77. The summed E-state index contributed by atoms with van der Waals surface area (Å²) in [6.45, 7) is 0.983. The summed E-state index contributed by atoms with van der Waals surface area (Å²) in [4.78, 5) is 0. The highest BCUT2D eigenvalue weighted by Gasteiger charge is 2.21. The van der Waals surface area contributed by atoms with Crippen molar-refractivity contribution in [3.05, 3.63) is 58.5 Å². The normalized spacial score (nSPS) is 18.3. The average molecular weight is 276 g/mol. The van der Waals surface area contributed by atoms with E-state index in [-0.39, 0.29) is 0 Å². The first kappa shape index (κ1) is 12.8. The van der Waals surface area contributed by atoms with Crippen LogP contribution in [0.3, 0.4) is 0 Å². The SMILES string of the molecule is Clc1ccc(CCNC2CCCc3occc32)cc1. The van der Waals surface area contributed by atoms with E-state index in [1.54, 1.807) is 0 Å². The molecule has 2 nitrogen and oxygen atoms in total. The summed E-state index contributed by atoms with van der Waals surface area (Å²) in [5, 5.41) is 4.43. The number of benzene rings is 1. The van der Waals surface area contributed by atoms with Crippen molar-refractivity contribution < 1.29 is 4.42 Å². The first-order valence-electron chi connectivity index (χ1n) is 6.87. The maximum absolute atomic E-state index is 5.89. The van der Waals surface area contributed by atoms with E-state index >= 15 is 0 Å². The van der Waals surface area contributed by atoms with Crippen LogP contribution in [0.1, 0.15) is 35.8 Å². The molecule has 1 heterocycles. The van der Waals surface area contributed by atoms with Gasteiger partial charge in [-0.2, -0.15) is 0 Å². The smallest absolute Gasteiger partial charge is 0.108 e. The van der Waals surface area contributed by atoms with Crippen molar-refractivity contribution in [3.8, 4) is 0 Å². The van der Waals surface area contributed by atoms with Gasteiger partial charge < -0.3 is 9.73 Å². The molecule has 1 atom stereocenters. The molecule has 1 aromatic heterocycles. The number of hydrogen-bond donors (Lipinski definition) is 1. The molecule has 1 N–H and O–H groups in total. The molecule has 19 heavy (non-hydrogen) atoms. The zero-order chi connectivity index (χ0) is 13.1. The molecule has 1 aromatic carbocycles. The van der Waals surface area contributed by atoms with Crippen LogP contribution in [0.5, 0.6) is 0 Å². The number of aryl methyl sites for hydroxylation is 1. The second kappa shape index (κ2) is 5.81. The van der Waals surface area contributed by atoms with E-state index in [2.05, 4.69) is 23.5 Å². The predicted octanol–water partition coefficient (Wildman–Crippen LogP) is 4.14. The number of hydrogen-bond acceptors (Lipinski definition) is 2. The van der Waals surface area contributed by atoms with Crippen molar-refractivity contribution in [2.45, 2.75) is 31.7 Å². The third-order valence-corrected chi connectivity index (χ3v) is 4.02. The molecule has 0 fully saturated rings. The molecular weight excluding hydrogens is 258 g/mol. The van der Waals surface area contributed by atoms with Crippen LogP contribution in [0, 0.1) is 0 Å². The van der Waals surface area contributed by atoms with Crippen molar-refractivity contribution in [3.63, 3.8) is 0 Å². The van der Waals surface area contributed by atoms with Crippen molar-refractivity contribution in [2.24, 2.45) is 0 Å². The molecule has 0 aliphatic heterocycles. The Morgan fingerprint density at radius 3 is 2.89 bits per heavy atom. The molecule has 0 saturated heterocycles. The van der Waals surface area contributed by atoms with Crippen LogP contribution in [-0.4, -0.2) is 6.54 Å². The van der Waals surface area contributed by atoms with Gasteiger partial charge in [0.05, 0.1) is 6.26 Å². The lowest BCUT2D eigenvalue weighted by atomic mass is 9.93. The Morgan fingerprint density at radius 2 is 2.05 bits per heavy atom. The summed E-state index contributed by atoms with van der Waals surface area (Å²) < 4.78 is 5.51. The molecule has 0 bridgehead atoms. The summed E-state index contributed by atoms with van der Waals surface area (Å²) >= 11 is 5.89. The van der Waals surface area contributed by atoms with Gasteiger partial charge in [0.15, 0.2) is 0 Å². The van der Waals surface area contributed by atoms with E-state index in [0.29, 0.717) is 6.04 Å². The minimum absolute atomic E-state index is 0.454. The number of rotatable bonds is 4. The van der Waals surface area contributed by atoms with Crippen LogP contribution in [0.4, 0.5) is 0 Å². The lowest BCUT2D eigenvalue weighted by Crippen LogP contribution is -2.26. The quantitative estimate of drug-likeness (QED) is 0.907. The molecule has 1 unspecified atom stereocenters. The maximum atomic E-state index is 5.89. The van der Waals surface area contributed by atoms with Crippen molar-refractivity contribution >= 4 is 11.6 Å². The van der Waals surface area contributed by atoms with Gasteiger partial charge in [0, 0.05) is 23.0 Å². The van der Waals surface area contributed by atoms with Gasteiger partial charge in [-0.3, -0.25) is 0 Å². The monoisotopic (exact) mass is 275 g/mol. The number of halogens is 1. The highest BCUT2D eigenvalue weighted by atomic mass is 35.5. The Bertz CT molecular complexity index is 532. The molecule has 100 valence electrons. The molecule has 0 amide bonds. The number of furan rings is 1. The largest absolute Gasteiger partial charge is 0.469 e. The number of fused-ring (bicyclic) bond motifs is 1. The van der Waals surface area contributed by atoms with E-state index in [1.807, 2.05) is 18.4 Å². The van der Waals surface area contributed by atoms with Gasteiger partial charge in [0.1, 0.15) is 5.76 Å². The van der Waals surface area contributed by atoms with Gasteiger partial charge in [-0.15, -0.1) is 0 Å². The molecule has 0 spiro atoms. The van der Waals surface area contributed by atoms with Gasteiger partial charge >= 0.3 is 0 Å². The Labute approximate surface area is 118 Å². The van der Waals surface area contributed by atoms with Crippen LogP contribution in [-0.2, 0) is 12.8 Å². The molecule has 1 aliphatic carbocycles. The van der Waals surface area contributed by atoms with Crippen molar-refractivity contribution in [1.82, 2.24) is 5.32 Å². The summed E-state index contributed by atoms with van der Waals surface area (Å²) in [6, 6.07) is 10.6. The van der Waals surface area contributed by atoms with Crippen molar-refractivity contribution in [2.75, 3.05) is 6.54 Å². The molecule has 2 aromatic rings. The van der Waals surface area contributed by atoms with E-state index in [4.69, 9.17) is 16.0 Å². The summed E-state index contributed by atoms with van der Waals surface area (Å²) in [5.41, 5.74) is 2.67. The standard InChI is InChI=1S/C16H18ClNO/c17-13-6-4-12(5-7-13)8-10-18-15-2-1-3-16-14(15)9-11-19-16/h4-7,9,11,15,18H,1-3,8,10H2. The van der Waals surface area contributed by atoms with Crippen LogP contribution in [0.2, 0.25) is 5.02 Å². The third kappa shape index (κ3) is 3.02. The number of nitrogens with one attached hydrogen (secondary N) is 1. The summed E-state index contributed by atoms with van der Waals surface area (Å²) in [5.74, 6) is 1.16. The van der Waals surface area contributed by atoms with Crippen LogP contribution in [0.25, 0.3) is 0 Å². The highest BCUT2D eigenvalue weighted by Crippen LogP contribution is 2.30. The van der Waals surface area contributed by atoms with E-state index in [9.17, 15) is 0 Å². The van der Waals surface area contributed by atoms with E-state index < -0.39 is 0 Å². The zero-order valence-electron chi connectivity index (χ0n) is 10.9. The average Bonchev–Trinajstić information content (AvgIpc) is 2.90. The van der Waals surface area contributed by atoms with Gasteiger partial charge in [-0.1, -0.05) is 23.7 Å². The lowest BCUT2D eigenvalue weighted by molar-refractivity contribution is 0.413. The summed E-state index contributed by atoms with van der Waals surface area (Å²) in [7, 11) is 0. The summed E-state index contributed by atoms with van der Waals surface area (Å²) in [6.07, 6.45) is 6.33. The van der Waals surface area contributed by atoms with Crippen LogP contribution < -0.4 is 5.32 Å². The van der Waals surface area contributed by atoms with Gasteiger partial charge in [-0.05, 0) is 49.6 Å². The molecule has 3 heteroatoms. The fourth-order valence-corrected chi connectivity index (χ4v) is 2.87. The van der Waals surface area contributed by atoms with Gasteiger partial charge in [0.2, 0.25) is 0 Å². The van der Waals surface area contributed by atoms with Crippen LogP contribution >= 0.6 is 11.6 Å². The first-order chi connectivity index (χ1) is 9.33.